The van der Waals surface area contributed by atoms with E-state index in [0.717, 1.165) is 18.5 Å². The molecule has 0 atom stereocenters. The zero-order valence-corrected chi connectivity index (χ0v) is 11.2. The lowest BCUT2D eigenvalue weighted by Gasteiger charge is -2.22. The topological polar surface area (TPSA) is 72.7 Å². The first-order chi connectivity index (χ1) is 9.83. The maximum Gasteiger partial charge on any atom is 0.251 e. The Bertz CT molecular complexity index is 575. The van der Waals surface area contributed by atoms with Crippen molar-refractivity contribution in [1.82, 2.24) is 25.5 Å². The molecule has 0 bridgehead atoms. The van der Waals surface area contributed by atoms with Crippen molar-refractivity contribution < 1.29 is 4.79 Å². The van der Waals surface area contributed by atoms with Crippen LogP contribution in [-0.2, 0) is 0 Å². The van der Waals surface area contributed by atoms with Crippen LogP contribution in [0, 0.1) is 0 Å². The predicted octanol–water partition coefficient (Wildman–Crippen LogP) is 1.72. The molecule has 104 valence electrons. The summed E-state index contributed by atoms with van der Waals surface area (Å²) in [5.74, 6) is -0.0215. The van der Waals surface area contributed by atoms with E-state index in [9.17, 15) is 4.79 Å². The van der Waals surface area contributed by atoms with E-state index in [-0.39, 0.29) is 5.91 Å². The predicted molar refractivity (Wildman–Crippen MR) is 73.5 cm³/mol. The lowest BCUT2D eigenvalue weighted by Crippen LogP contribution is -2.36. The van der Waals surface area contributed by atoms with Crippen LogP contribution in [0.15, 0.2) is 30.6 Å². The standard InChI is InChI=1S/C14H17N5O/c20-14(16-12-6-2-1-3-7-12)11-5-4-8-13(9-11)19-10-15-17-18-19/h4-5,8-10,12H,1-3,6-7H2,(H,16,20). The van der Waals surface area contributed by atoms with Crippen molar-refractivity contribution in [1.29, 1.82) is 0 Å². The summed E-state index contributed by atoms with van der Waals surface area (Å²) in [6, 6.07) is 7.63. The van der Waals surface area contributed by atoms with Gasteiger partial charge in [-0.15, -0.1) is 5.10 Å². The fraction of sp³-hybridized carbons (Fsp3) is 0.429. The largest absolute Gasteiger partial charge is 0.349 e. The van der Waals surface area contributed by atoms with Crippen molar-refractivity contribution in [2.45, 2.75) is 38.1 Å². The van der Waals surface area contributed by atoms with Crippen molar-refractivity contribution in [2.24, 2.45) is 0 Å². The molecule has 0 spiro atoms. The summed E-state index contributed by atoms with van der Waals surface area (Å²) in [4.78, 5) is 12.3. The first kappa shape index (κ1) is 12.8. The maximum atomic E-state index is 12.3. The van der Waals surface area contributed by atoms with Gasteiger partial charge in [-0.3, -0.25) is 4.79 Å². The van der Waals surface area contributed by atoms with Gasteiger partial charge in [-0.1, -0.05) is 25.3 Å². The van der Waals surface area contributed by atoms with Crippen LogP contribution in [0.3, 0.4) is 0 Å². The van der Waals surface area contributed by atoms with Crippen molar-refractivity contribution in [3.8, 4) is 5.69 Å². The van der Waals surface area contributed by atoms with E-state index in [2.05, 4.69) is 20.8 Å². The van der Waals surface area contributed by atoms with E-state index in [1.165, 1.54) is 30.3 Å². The summed E-state index contributed by atoms with van der Waals surface area (Å²) in [5, 5.41) is 14.1. The molecule has 1 aromatic heterocycles. The summed E-state index contributed by atoms with van der Waals surface area (Å²) in [6.07, 6.45) is 7.36. The van der Waals surface area contributed by atoms with Crippen LogP contribution in [-0.4, -0.2) is 32.2 Å². The Kier molecular flexibility index (Phi) is 3.71. The number of tetrazole rings is 1. The Morgan fingerprint density at radius 1 is 1.25 bits per heavy atom. The first-order valence-corrected chi connectivity index (χ1v) is 6.97. The van der Waals surface area contributed by atoms with Gasteiger partial charge in [0.2, 0.25) is 0 Å². The van der Waals surface area contributed by atoms with Crippen LogP contribution in [0.5, 0.6) is 0 Å². The van der Waals surface area contributed by atoms with E-state index in [1.807, 2.05) is 18.2 Å². The molecular weight excluding hydrogens is 254 g/mol. The highest BCUT2D eigenvalue weighted by molar-refractivity contribution is 5.94. The Morgan fingerprint density at radius 3 is 2.85 bits per heavy atom. The maximum absolute atomic E-state index is 12.3. The molecule has 0 aliphatic heterocycles. The molecule has 20 heavy (non-hydrogen) atoms. The van der Waals surface area contributed by atoms with Crippen molar-refractivity contribution in [2.75, 3.05) is 0 Å². The second kappa shape index (κ2) is 5.81. The normalized spacial score (nSPS) is 16.0. The van der Waals surface area contributed by atoms with Crippen LogP contribution < -0.4 is 5.32 Å². The number of aromatic nitrogens is 4. The highest BCUT2D eigenvalue weighted by Gasteiger charge is 2.16. The number of amides is 1. The Labute approximate surface area is 117 Å². The monoisotopic (exact) mass is 271 g/mol. The number of nitrogens with zero attached hydrogens (tertiary/aromatic N) is 4. The lowest BCUT2D eigenvalue weighted by atomic mass is 9.95. The Hall–Kier alpha value is -2.24. The SMILES string of the molecule is O=C(NC1CCCCC1)c1cccc(-n2cnnn2)c1. The van der Waals surface area contributed by atoms with Gasteiger partial charge in [0.15, 0.2) is 0 Å². The van der Waals surface area contributed by atoms with Crippen LogP contribution in [0.1, 0.15) is 42.5 Å². The number of hydrogen-bond donors (Lipinski definition) is 1. The molecule has 1 aliphatic carbocycles. The lowest BCUT2D eigenvalue weighted by molar-refractivity contribution is 0.0927. The number of hydrogen-bond acceptors (Lipinski definition) is 4. The average Bonchev–Trinajstić information content (AvgIpc) is 3.03. The molecule has 1 aliphatic rings. The minimum atomic E-state index is -0.0215. The quantitative estimate of drug-likeness (QED) is 0.922. The number of carbonyl (C=O) groups is 1. The van der Waals surface area contributed by atoms with Crippen molar-refractivity contribution in [3.05, 3.63) is 36.2 Å². The van der Waals surface area contributed by atoms with Crippen molar-refractivity contribution >= 4 is 5.91 Å². The summed E-state index contributed by atoms with van der Waals surface area (Å²) < 4.78 is 1.54. The first-order valence-electron chi connectivity index (χ1n) is 6.97. The molecule has 6 heteroatoms. The van der Waals surface area contributed by atoms with E-state index in [1.54, 1.807) is 6.07 Å². The van der Waals surface area contributed by atoms with Gasteiger partial charge in [0, 0.05) is 11.6 Å². The number of carbonyl (C=O) groups excluding carboxylic acids is 1. The molecule has 6 nitrogen and oxygen atoms in total. The summed E-state index contributed by atoms with van der Waals surface area (Å²) in [5.41, 5.74) is 1.43. The highest BCUT2D eigenvalue weighted by Crippen LogP contribution is 2.18. The van der Waals surface area contributed by atoms with Gasteiger partial charge >= 0.3 is 0 Å². The van der Waals surface area contributed by atoms with Gasteiger partial charge in [0.25, 0.3) is 5.91 Å². The molecule has 1 fully saturated rings. The third-order valence-electron chi connectivity index (χ3n) is 3.66. The van der Waals surface area contributed by atoms with Gasteiger partial charge in [-0.25, -0.2) is 4.68 Å². The van der Waals surface area contributed by atoms with Crippen LogP contribution in [0.4, 0.5) is 0 Å². The van der Waals surface area contributed by atoms with Gasteiger partial charge in [-0.05, 0) is 41.5 Å². The van der Waals surface area contributed by atoms with Gasteiger partial charge in [-0.2, -0.15) is 0 Å². The van der Waals surface area contributed by atoms with Gasteiger partial charge in [0.1, 0.15) is 6.33 Å². The second-order valence-electron chi connectivity index (χ2n) is 5.11. The molecule has 1 amide bonds. The Morgan fingerprint density at radius 2 is 2.10 bits per heavy atom. The van der Waals surface area contributed by atoms with Gasteiger partial charge < -0.3 is 5.32 Å². The number of benzene rings is 1. The van der Waals surface area contributed by atoms with Crippen LogP contribution in [0.2, 0.25) is 0 Å². The minimum Gasteiger partial charge on any atom is -0.349 e. The molecule has 0 saturated heterocycles. The van der Waals surface area contributed by atoms with Crippen molar-refractivity contribution in [3.63, 3.8) is 0 Å². The summed E-state index contributed by atoms with van der Waals surface area (Å²) >= 11 is 0. The third kappa shape index (κ3) is 2.84. The third-order valence-corrected chi connectivity index (χ3v) is 3.66. The van der Waals surface area contributed by atoms with E-state index < -0.39 is 0 Å². The van der Waals surface area contributed by atoms with E-state index in [0.29, 0.717) is 11.6 Å². The zero-order valence-electron chi connectivity index (χ0n) is 11.2. The molecule has 2 aromatic rings. The van der Waals surface area contributed by atoms with Crippen LogP contribution >= 0.6 is 0 Å². The average molecular weight is 271 g/mol. The molecule has 1 N–H and O–H groups in total. The summed E-state index contributed by atoms with van der Waals surface area (Å²) in [7, 11) is 0. The minimum absolute atomic E-state index is 0.0215. The molecule has 0 radical (unpaired) electrons. The number of rotatable bonds is 3. The molecular formula is C14H17N5O. The smallest absolute Gasteiger partial charge is 0.251 e. The molecule has 1 heterocycles. The van der Waals surface area contributed by atoms with E-state index in [4.69, 9.17) is 0 Å². The fourth-order valence-electron chi connectivity index (χ4n) is 2.58. The van der Waals surface area contributed by atoms with Crippen LogP contribution in [0.25, 0.3) is 5.69 Å². The molecule has 1 saturated carbocycles. The van der Waals surface area contributed by atoms with E-state index >= 15 is 0 Å². The molecule has 3 rings (SSSR count). The highest BCUT2D eigenvalue weighted by atomic mass is 16.1. The molecule has 0 unspecified atom stereocenters. The Balaban J connectivity index is 1.73. The second-order valence-corrected chi connectivity index (χ2v) is 5.11. The zero-order chi connectivity index (χ0) is 13.8. The summed E-state index contributed by atoms with van der Waals surface area (Å²) in [6.45, 7) is 0. The fourth-order valence-corrected chi connectivity index (χ4v) is 2.58. The molecule has 1 aromatic carbocycles. The number of nitrogens with one attached hydrogen (secondary N) is 1. The van der Waals surface area contributed by atoms with Gasteiger partial charge in [0.05, 0.1) is 5.69 Å².